The van der Waals surface area contributed by atoms with Crippen molar-refractivity contribution in [2.75, 3.05) is 13.7 Å². The third-order valence-corrected chi connectivity index (χ3v) is 5.73. The molecule has 1 aromatic heterocycles. The molecule has 4 rings (SSSR count). The first-order valence-electron chi connectivity index (χ1n) is 11.0. The van der Waals surface area contributed by atoms with Gasteiger partial charge in [-0.3, -0.25) is 9.59 Å². The maximum absolute atomic E-state index is 13.1. The van der Waals surface area contributed by atoms with Gasteiger partial charge in [-0.1, -0.05) is 43.7 Å². The molecule has 0 saturated heterocycles. The molecule has 0 bridgehead atoms. The number of nitrogens with zero attached hydrogens (tertiary/aromatic N) is 2. The van der Waals surface area contributed by atoms with Crippen molar-refractivity contribution in [3.8, 4) is 5.75 Å². The molecular weight excluding hydrogens is 422 g/mol. The molecular formula is C25H27N3O5. The Morgan fingerprint density at radius 2 is 1.91 bits per heavy atom. The van der Waals surface area contributed by atoms with Crippen molar-refractivity contribution < 1.29 is 24.2 Å². The molecule has 1 amide bonds. The summed E-state index contributed by atoms with van der Waals surface area (Å²) in [6.45, 7) is 1.54. The van der Waals surface area contributed by atoms with E-state index >= 15 is 0 Å². The molecule has 0 fully saturated rings. The Morgan fingerprint density at radius 1 is 1.15 bits per heavy atom. The zero-order chi connectivity index (χ0) is 23.4. The number of nitrogens with one attached hydrogen (secondary N) is 1. The fourth-order valence-corrected chi connectivity index (χ4v) is 3.95. The van der Waals surface area contributed by atoms with Crippen molar-refractivity contribution in [2.24, 2.45) is 5.10 Å². The van der Waals surface area contributed by atoms with E-state index in [1.807, 2.05) is 31.2 Å². The summed E-state index contributed by atoms with van der Waals surface area (Å²) in [5.41, 5.74) is 2.68. The number of aliphatic hydroxyl groups excluding tert-OH is 1. The van der Waals surface area contributed by atoms with Crippen LogP contribution >= 0.6 is 0 Å². The largest absolute Gasteiger partial charge is 0.497 e. The molecule has 0 aliphatic carbocycles. The summed E-state index contributed by atoms with van der Waals surface area (Å²) in [6, 6.07) is 14.0. The predicted octanol–water partition coefficient (Wildman–Crippen LogP) is 3.56. The Kier molecular flexibility index (Phi) is 6.74. The van der Waals surface area contributed by atoms with Crippen LogP contribution < -0.4 is 4.74 Å². The van der Waals surface area contributed by atoms with Gasteiger partial charge in [-0.05, 0) is 30.2 Å². The quantitative estimate of drug-likeness (QED) is 0.512. The minimum atomic E-state index is -1.07. The SMILES string of the molecule is CCCCC(=O)OCC(=O)N1N=C(c2c[nH]c3ccccc23)[C@@H](O)[C@H]1c1ccc(OC)cc1. The van der Waals surface area contributed by atoms with Gasteiger partial charge in [0, 0.05) is 29.1 Å². The lowest BCUT2D eigenvalue weighted by molar-refractivity contribution is -0.153. The lowest BCUT2D eigenvalue weighted by atomic mass is 9.95. The molecule has 33 heavy (non-hydrogen) atoms. The third kappa shape index (κ3) is 4.61. The monoisotopic (exact) mass is 449 g/mol. The number of aliphatic hydroxyl groups is 1. The minimum Gasteiger partial charge on any atom is -0.497 e. The highest BCUT2D eigenvalue weighted by Crippen LogP contribution is 2.35. The number of amides is 1. The Morgan fingerprint density at radius 3 is 2.64 bits per heavy atom. The van der Waals surface area contributed by atoms with Crippen LogP contribution in [0.1, 0.15) is 43.4 Å². The van der Waals surface area contributed by atoms with Gasteiger partial charge in [-0.2, -0.15) is 5.10 Å². The van der Waals surface area contributed by atoms with E-state index in [0.717, 1.165) is 17.3 Å². The van der Waals surface area contributed by atoms with Gasteiger partial charge in [0.05, 0.1) is 7.11 Å². The molecule has 0 spiro atoms. The van der Waals surface area contributed by atoms with Crippen LogP contribution in [0, 0.1) is 0 Å². The van der Waals surface area contributed by atoms with Gasteiger partial charge in [0.25, 0.3) is 5.91 Å². The van der Waals surface area contributed by atoms with Crippen molar-refractivity contribution in [1.82, 2.24) is 9.99 Å². The highest BCUT2D eigenvalue weighted by atomic mass is 16.5. The summed E-state index contributed by atoms with van der Waals surface area (Å²) >= 11 is 0. The summed E-state index contributed by atoms with van der Waals surface area (Å²) in [5, 5.41) is 17.9. The fourth-order valence-electron chi connectivity index (χ4n) is 3.95. The number of carbonyl (C=O) groups excluding carboxylic acids is 2. The number of carbonyl (C=O) groups is 2. The van der Waals surface area contributed by atoms with Crippen molar-refractivity contribution in [3.05, 3.63) is 65.9 Å². The van der Waals surface area contributed by atoms with Crippen LogP contribution in [-0.4, -0.2) is 52.5 Å². The van der Waals surface area contributed by atoms with Crippen LogP contribution in [0.5, 0.6) is 5.75 Å². The molecule has 1 aliphatic heterocycles. The summed E-state index contributed by atoms with van der Waals surface area (Å²) in [6.07, 6.45) is 2.53. The van der Waals surface area contributed by atoms with Gasteiger partial charge in [0.15, 0.2) is 6.61 Å². The second-order valence-corrected chi connectivity index (χ2v) is 7.90. The number of methoxy groups -OCH3 is 1. The lowest BCUT2D eigenvalue weighted by Crippen LogP contribution is -2.36. The number of esters is 1. The van der Waals surface area contributed by atoms with Gasteiger partial charge in [-0.25, -0.2) is 5.01 Å². The molecule has 2 heterocycles. The number of ether oxygens (including phenoxy) is 2. The molecule has 2 atom stereocenters. The molecule has 172 valence electrons. The van der Waals surface area contributed by atoms with Crippen LogP contribution in [0.15, 0.2) is 59.8 Å². The molecule has 0 saturated carbocycles. The fraction of sp³-hybridized carbons (Fsp3) is 0.320. The molecule has 1 aliphatic rings. The normalized spacial score (nSPS) is 17.8. The number of rotatable bonds is 8. The van der Waals surface area contributed by atoms with E-state index in [1.54, 1.807) is 37.6 Å². The Balaban J connectivity index is 1.65. The highest BCUT2D eigenvalue weighted by Gasteiger charge is 2.41. The Hall–Kier alpha value is -3.65. The van der Waals surface area contributed by atoms with Gasteiger partial charge in [0.2, 0.25) is 0 Å². The van der Waals surface area contributed by atoms with E-state index < -0.39 is 30.6 Å². The van der Waals surface area contributed by atoms with E-state index in [0.29, 0.717) is 29.0 Å². The Labute approximate surface area is 191 Å². The molecule has 8 nitrogen and oxygen atoms in total. The molecule has 2 N–H and O–H groups in total. The van der Waals surface area contributed by atoms with Gasteiger partial charge < -0.3 is 19.6 Å². The first kappa shape index (κ1) is 22.5. The van der Waals surface area contributed by atoms with Crippen LogP contribution in [0.4, 0.5) is 0 Å². The van der Waals surface area contributed by atoms with E-state index in [-0.39, 0.29) is 6.42 Å². The zero-order valence-electron chi connectivity index (χ0n) is 18.7. The summed E-state index contributed by atoms with van der Waals surface area (Å²) in [4.78, 5) is 28.1. The number of hydrogen-bond acceptors (Lipinski definition) is 6. The van der Waals surface area contributed by atoms with E-state index in [4.69, 9.17) is 9.47 Å². The number of hydrogen-bond donors (Lipinski definition) is 2. The third-order valence-electron chi connectivity index (χ3n) is 5.73. The lowest BCUT2D eigenvalue weighted by Gasteiger charge is -2.24. The zero-order valence-corrected chi connectivity index (χ0v) is 18.7. The standard InChI is InChI=1S/C25H27N3O5/c1-3-4-9-22(30)33-15-21(29)28-24(16-10-12-17(32-2)13-11-16)25(31)23(27-28)19-14-26-20-8-6-5-7-18(19)20/h5-8,10-14,24-26,31H,3-4,9,15H2,1-2H3/t24-,25-/m1/s1. The molecule has 2 aromatic carbocycles. The van der Waals surface area contributed by atoms with Gasteiger partial charge >= 0.3 is 5.97 Å². The molecule has 8 heteroatoms. The number of benzene rings is 2. The summed E-state index contributed by atoms with van der Waals surface area (Å²) in [5.74, 6) is -0.270. The topological polar surface area (TPSA) is 104 Å². The second kappa shape index (κ2) is 9.87. The van der Waals surface area contributed by atoms with Crippen LogP contribution in [0.2, 0.25) is 0 Å². The summed E-state index contributed by atoms with van der Waals surface area (Å²) < 4.78 is 10.4. The van der Waals surface area contributed by atoms with Crippen molar-refractivity contribution in [1.29, 1.82) is 0 Å². The van der Waals surface area contributed by atoms with Crippen molar-refractivity contribution in [2.45, 2.75) is 38.3 Å². The van der Waals surface area contributed by atoms with Crippen LogP contribution in [0.25, 0.3) is 10.9 Å². The molecule has 0 unspecified atom stereocenters. The first-order chi connectivity index (χ1) is 16.0. The van der Waals surface area contributed by atoms with E-state index in [2.05, 4.69) is 10.1 Å². The number of fused-ring (bicyclic) bond motifs is 1. The maximum Gasteiger partial charge on any atom is 0.306 e. The first-order valence-corrected chi connectivity index (χ1v) is 11.0. The maximum atomic E-state index is 13.1. The number of hydrazone groups is 1. The smallest absolute Gasteiger partial charge is 0.306 e. The highest BCUT2D eigenvalue weighted by molar-refractivity contribution is 6.14. The number of unbranched alkanes of at least 4 members (excludes halogenated alkanes) is 1. The van der Waals surface area contributed by atoms with Gasteiger partial charge in [-0.15, -0.1) is 0 Å². The van der Waals surface area contributed by atoms with E-state index in [9.17, 15) is 14.7 Å². The van der Waals surface area contributed by atoms with E-state index in [1.165, 1.54) is 5.01 Å². The number of aromatic nitrogens is 1. The molecule has 3 aromatic rings. The number of aromatic amines is 1. The van der Waals surface area contributed by atoms with Crippen LogP contribution in [-0.2, 0) is 14.3 Å². The summed E-state index contributed by atoms with van der Waals surface area (Å²) in [7, 11) is 1.57. The average molecular weight is 450 g/mol. The predicted molar refractivity (Wildman–Crippen MR) is 124 cm³/mol. The van der Waals surface area contributed by atoms with Gasteiger partial charge in [0.1, 0.15) is 23.6 Å². The average Bonchev–Trinajstić information content (AvgIpc) is 3.42. The minimum absolute atomic E-state index is 0.262. The second-order valence-electron chi connectivity index (χ2n) is 7.90. The van der Waals surface area contributed by atoms with Crippen molar-refractivity contribution in [3.63, 3.8) is 0 Å². The number of H-pyrrole nitrogens is 1. The molecule has 0 radical (unpaired) electrons. The number of para-hydroxylation sites is 1. The Bertz CT molecular complexity index is 1170. The van der Waals surface area contributed by atoms with Crippen molar-refractivity contribution >= 4 is 28.5 Å². The van der Waals surface area contributed by atoms with Crippen LogP contribution in [0.3, 0.4) is 0 Å².